The molecule has 0 radical (unpaired) electrons. The second-order valence-corrected chi connectivity index (χ2v) is 6.88. The molecule has 2 aromatic rings. The minimum absolute atomic E-state index is 0.0818. The third-order valence-corrected chi connectivity index (χ3v) is 5.29. The van der Waals surface area contributed by atoms with Crippen molar-refractivity contribution in [2.24, 2.45) is 0 Å². The van der Waals surface area contributed by atoms with Gasteiger partial charge in [0.2, 0.25) is 5.91 Å². The second-order valence-electron chi connectivity index (χ2n) is 6.88. The Morgan fingerprint density at radius 1 is 1.15 bits per heavy atom. The Morgan fingerprint density at radius 3 is 2.42 bits per heavy atom. The predicted molar refractivity (Wildman–Crippen MR) is 97.7 cm³/mol. The maximum atomic E-state index is 14.2. The number of methoxy groups -OCH3 is 2. The average Bonchev–Trinajstić information content (AvgIpc) is 3.48. The van der Waals surface area contributed by atoms with Gasteiger partial charge in [-0.1, -0.05) is 36.4 Å². The van der Waals surface area contributed by atoms with E-state index in [1.165, 1.54) is 13.2 Å². The van der Waals surface area contributed by atoms with E-state index in [9.17, 15) is 9.18 Å². The van der Waals surface area contributed by atoms with E-state index < -0.39 is 11.0 Å². The van der Waals surface area contributed by atoms with Gasteiger partial charge in [-0.15, -0.1) is 0 Å². The van der Waals surface area contributed by atoms with Crippen molar-refractivity contribution in [2.75, 3.05) is 20.8 Å². The lowest BCUT2D eigenvalue weighted by molar-refractivity contribution is -0.125. The minimum Gasteiger partial charge on any atom is -0.496 e. The van der Waals surface area contributed by atoms with Gasteiger partial charge in [0.1, 0.15) is 17.2 Å². The molecule has 0 spiro atoms. The normalized spacial score (nSPS) is 17.2. The van der Waals surface area contributed by atoms with Crippen LogP contribution in [0.5, 0.6) is 5.75 Å². The molecule has 1 amide bonds. The highest BCUT2D eigenvalue weighted by Gasteiger charge is 2.53. The monoisotopic (exact) mass is 357 g/mol. The first-order valence-electron chi connectivity index (χ1n) is 8.69. The zero-order valence-electron chi connectivity index (χ0n) is 15.3. The van der Waals surface area contributed by atoms with Crippen molar-refractivity contribution in [1.29, 1.82) is 0 Å². The van der Waals surface area contributed by atoms with Crippen molar-refractivity contribution in [1.82, 2.24) is 5.32 Å². The molecule has 1 aliphatic rings. The zero-order valence-corrected chi connectivity index (χ0v) is 15.3. The summed E-state index contributed by atoms with van der Waals surface area (Å²) in [5.74, 6) is 0.280. The molecule has 0 bridgehead atoms. The number of halogens is 1. The first kappa shape index (κ1) is 18.4. The lowest BCUT2D eigenvalue weighted by atomic mass is 9.92. The van der Waals surface area contributed by atoms with E-state index in [1.807, 2.05) is 24.3 Å². The molecule has 0 heterocycles. The summed E-state index contributed by atoms with van der Waals surface area (Å²) in [4.78, 5) is 13.0. The Bertz CT molecular complexity index is 803. The number of carbonyl (C=O) groups excluding carboxylic acids is 1. The number of carbonyl (C=O) groups is 1. The van der Waals surface area contributed by atoms with Crippen LogP contribution in [0.1, 0.15) is 30.9 Å². The van der Waals surface area contributed by atoms with E-state index in [0.29, 0.717) is 11.3 Å². The van der Waals surface area contributed by atoms with Gasteiger partial charge < -0.3 is 14.8 Å². The highest BCUT2D eigenvalue weighted by Crippen LogP contribution is 2.51. The van der Waals surface area contributed by atoms with Crippen LogP contribution in [0.3, 0.4) is 0 Å². The highest BCUT2D eigenvalue weighted by molar-refractivity contribution is 5.92. The lowest BCUT2D eigenvalue weighted by Crippen LogP contribution is -2.44. The Balaban J connectivity index is 1.79. The summed E-state index contributed by atoms with van der Waals surface area (Å²) in [5.41, 5.74) is -0.205. The molecule has 1 atom stereocenters. The number of rotatable bonds is 7. The summed E-state index contributed by atoms with van der Waals surface area (Å²) in [7, 11) is 3.12. The smallest absolute Gasteiger partial charge is 0.230 e. The fourth-order valence-corrected chi connectivity index (χ4v) is 3.37. The molecule has 26 heavy (non-hydrogen) atoms. The van der Waals surface area contributed by atoms with Crippen LogP contribution >= 0.6 is 0 Å². The summed E-state index contributed by atoms with van der Waals surface area (Å²) in [6, 6.07) is 14.0. The molecule has 1 aliphatic carbocycles. The van der Waals surface area contributed by atoms with E-state index in [-0.39, 0.29) is 18.3 Å². The first-order chi connectivity index (χ1) is 12.5. The fourth-order valence-electron chi connectivity index (χ4n) is 3.37. The molecule has 0 aromatic heterocycles. The van der Waals surface area contributed by atoms with E-state index in [2.05, 4.69) is 5.32 Å². The standard InChI is InChI=1S/C21H24FNO3/c1-20(26-3,15-8-4-6-10-17(15)22)14-23-19(24)21(12-13-21)16-9-5-7-11-18(16)25-2/h4-11H,12-14H2,1-3H3,(H,23,24). The van der Waals surface area contributed by atoms with Gasteiger partial charge in [-0.05, 0) is 31.9 Å². The molecule has 2 aromatic carbocycles. The van der Waals surface area contributed by atoms with Gasteiger partial charge in [-0.3, -0.25) is 4.79 Å². The quantitative estimate of drug-likeness (QED) is 0.824. The molecule has 0 aliphatic heterocycles. The Labute approximate surface area is 153 Å². The van der Waals surface area contributed by atoms with Crippen molar-refractivity contribution in [3.05, 3.63) is 65.5 Å². The third-order valence-electron chi connectivity index (χ3n) is 5.29. The van der Waals surface area contributed by atoms with Crippen molar-refractivity contribution < 1.29 is 18.7 Å². The molecule has 3 rings (SSSR count). The molecule has 138 valence electrons. The fraction of sp³-hybridized carbons (Fsp3) is 0.381. The summed E-state index contributed by atoms with van der Waals surface area (Å²) in [6.07, 6.45) is 1.53. The molecular weight excluding hydrogens is 333 g/mol. The molecular formula is C21H24FNO3. The van der Waals surface area contributed by atoms with Crippen LogP contribution < -0.4 is 10.1 Å². The van der Waals surface area contributed by atoms with Gasteiger partial charge in [-0.2, -0.15) is 0 Å². The van der Waals surface area contributed by atoms with Crippen LogP contribution in [-0.2, 0) is 20.5 Å². The summed E-state index contributed by atoms with van der Waals surface area (Å²) < 4.78 is 25.2. The number of nitrogens with one attached hydrogen (secondary N) is 1. The molecule has 0 saturated heterocycles. The topological polar surface area (TPSA) is 47.6 Å². The molecule has 1 saturated carbocycles. The van der Waals surface area contributed by atoms with Crippen LogP contribution in [0.25, 0.3) is 0 Å². The number of hydrogen-bond donors (Lipinski definition) is 1. The van der Waals surface area contributed by atoms with Gasteiger partial charge >= 0.3 is 0 Å². The van der Waals surface area contributed by atoms with Gasteiger partial charge in [0.15, 0.2) is 0 Å². The number of ether oxygens (including phenoxy) is 2. The Morgan fingerprint density at radius 2 is 1.81 bits per heavy atom. The average molecular weight is 357 g/mol. The van der Waals surface area contributed by atoms with Crippen LogP contribution in [0.15, 0.2) is 48.5 Å². The minimum atomic E-state index is -0.947. The third kappa shape index (κ3) is 3.19. The van der Waals surface area contributed by atoms with Gasteiger partial charge in [-0.25, -0.2) is 4.39 Å². The summed E-state index contributed by atoms with van der Waals surface area (Å²) in [5, 5.41) is 2.97. The van der Waals surface area contributed by atoms with Gasteiger partial charge in [0.05, 0.1) is 19.1 Å². The van der Waals surface area contributed by atoms with Crippen LogP contribution in [-0.4, -0.2) is 26.7 Å². The summed E-state index contributed by atoms with van der Waals surface area (Å²) >= 11 is 0. The zero-order chi connectivity index (χ0) is 18.8. The Kier molecular flexibility index (Phi) is 5.01. The van der Waals surface area contributed by atoms with Crippen LogP contribution in [0.2, 0.25) is 0 Å². The van der Waals surface area contributed by atoms with E-state index >= 15 is 0 Å². The van der Waals surface area contributed by atoms with Crippen molar-refractivity contribution in [3.8, 4) is 5.75 Å². The van der Waals surface area contributed by atoms with Crippen molar-refractivity contribution in [3.63, 3.8) is 0 Å². The number of hydrogen-bond acceptors (Lipinski definition) is 3. The van der Waals surface area contributed by atoms with Gasteiger partial charge in [0.25, 0.3) is 0 Å². The maximum absolute atomic E-state index is 14.2. The first-order valence-corrected chi connectivity index (χ1v) is 8.69. The van der Waals surface area contributed by atoms with Crippen molar-refractivity contribution >= 4 is 5.91 Å². The van der Waals surface area contributed by atoms with Crippen LogP contribution in [0, 0.1) is 5.82 Å². The maximum Gasteiger partial charge on any atom is 0.230 e. The lowest BCUT2D eigenvalue weighted by Gasteiger charge is -2.30. The van der Waals surface area contributed by atoms with Crippen LogP contribution in [0.4, 0.5) is 4.39 Å². The highest BCUT2D eigenvalue weighted by atomic mass is 19.1. The molecule has 1 fully saturated rings. The molecule has 1 N–H and O–H groups in total. The van der Waals surface area contributed by atoms with Gasteiger partial charge in [0, 0.05) is 18.2 Å². The van der Waals surface area contributed by atoms with E-state index in [4.69, 9.17) is 9.47 Å². The number of para-hydroxylation sites is 1. The van der Waals surface area contributed by atoms with Crippen molar-refractivity contribution in [2.45, 2.75) is 30.8 Å². The SMILES string of the molecule is COc1ccccc1C1(C(=O)NCC(C)(OC)c2ccccc2F)CC1. The molecule has 5 heteroatoms. The second kappa shape index (κ2) is 7.08. The molecule has 4 nitrogen and oxygen atoms in total. The summed E-state index contributed by atoms with van der Waals surface area (Å²) in [6.45, 7) is 1.95. The number of benzene rings is 2. The Hall–Kier alpha value is -2.40. The van der Waals surface area contributed by atoms with E-state index in [1.54, 1.807) is 32.2 Å². The number of amides is 1. The predicted octanol–water partition coefficient (Wildman–Crippen LogP) is 3.54. The molecule has 1 unspecified atom stereocenters. The largest absolute Gasteiger partial charge is 0.496 e. The van der Waals surface area contributed by atoms with E-state index in [0.717, 1.165) is 18.4 Å².